The Kier molecular flexibility index (Phi) is 3.17. The summed E-state index contributed by atoms with van der Waals surface area (Å²) in [5, 5.41) is 8.35. The first-order valence-corrected chi connectivity index (χ1v) is 2.69. The molecule has 0 radical (unpaired) electrons. The Morgan fingerprint density at radius 2 is 1.73 bits per heavy atom. The number of carboxylic acid groups (broad SMARTS) is 1. The third kappa shape index (κ3) is 2.33. The molecule has 1 rings (SSSR count). The van der Waals surface area contributed by atoms with Gasteiger partial charge < -0.3 is 5.11 Å². The summed E-state index contributed by atoms with van der Waals surface area (Å²) in [7, 11) is 0. The maximum atomic E-state index is 12.2. The van der Waals surface area contributed by atoms with Gasteiger partial charge in [0.25, 0.3) is 0 Å². The first-order valence-electron chi connectivity index (χ1n) is 2.69. The Balaban J connectivity index is 0.000001000. The first kappa shape index (κ1) is 9.55. The maximum absolute atomic E-state index is 12.2. The molecule has 0 aliphatic heterocycles. The maximum Gasteiger partial charge on any atom is 0.335 e. The number of benzene rings is 1. The minimum atomic E-state index is -1.04. The van der Waals surface area contributed by atoms with Crippen LogP contribution in [0.25, 0.3) is 0 Å². The third-order valence-corrected chi connectivity index (χ3v) is 1.09. The molecule has 1 aromatic rings. The van der Waals surface area contributed by atoms with Gasteiger partial charge in [-0.25, -0.2) is 9.18 Å². The van der Waals surface area contributed by atoms with E-state index in [0.29, 0.717) is 0 Å². The van der Waals surface area contributed by atoms with Crippen LogP contribution in [0, 0.1) is 5.82 Å². The Labute approximate surface area is 61.6 Å². The van der Waals surface area contributed by atoms with Gasteiger partial charge in [0.15, 0.2) is 0 Å². The second-order valence-corrected chi connectivity index (χ2v) is 1.81. The fraction of sp³-hybridized carbons (Fsp3) is 0. The summed E-state index contributed by atoms with van der Waals surface area (Å²) in [6.07, 6.45) is 0. The zero-order chi connectivity index (χ0) is 7.56. The number of hydrogen-bond donors (Lipinski definition) is 1. The number of carboxylic acids is 1. The Hall–Kier alpha value is -1.45. The standard InChI is InChI=1S/C7H5FO2.FH/c8-6-3-1-5(2-4-6)7(9)10;/h1-4H,(H,9,10);1H. The molecule has 0 fully saturated rings. The summed E-state index contributed by atoms with van der Waals surface area (Å²) in [6.45, 7) is 0. The van der Waals surface area contributed by atoms with E-state index < -0.39 is 11.8 Å². The number of aromatic carboxylic acids is 1. The van der Waals surface area contributed by atoms with Crippen molar-refractivity contribution in [2.24, 2.45) is 0 Å². The molecule has 4 heteroatoms. The van der Waals surface area contributed by atoms with E-state index in [2.05, 4.69) is 0 Å². The topological polar surface area (TPSA) is 37.3 Å². The number of halogens is 2. The summed E-state index contributed by atoms with van der Waals surface area (Å²) in [6, 6.07) is 4.67. The second-order valence-electron chi connectivity index (χ2n) is 1.81. The monoisotopic (exact) mass is 160 g/mol. The SMILES string of the molecule is F.O=C(O)c1ccc(F)cc1. The Morgan fingerprint density at radius 3 is 2.09 bits per heavy atom. The lowest BCUT2D eigenvalue weighted by Crippen LogP contribution is -1.94. The molecule has 1 aromatic carbocycles. The lowest BCUT2D eigenvalue weighted by molar-refractivity contribution is 0.0697. The predicted molar refractivity (Wildman–Crippen MR) is 35.9 cm³/mol. The second kappa shape index (κ2) is 3.65. The molecule has 0 amide bonds. The van der Waals surface area contributed by atoms with Crippen molar-refractivity contribution in [1.82, 2.24) is 0 Å². The van der Waals surface area contributed by atoms with Crippen molar-refractivity contribution in [3.8, 4) is 0 Å². The number of carbonyl (C=O) groups is 1. The van der Waals surface area contributed by atoms with Crippen LogP contribution in [-0.4, -0.2) is 11.1 Å². The van der Waals surface area contributed by atoms with Crippen LogP contribution in [0.2, 0.25) is 0 Å². The normalized spacial score (nSPS) is 8.45. The minimum absolute atomic E-state index is 0. The molecular formula is C7H6F2O2. The highest BCUT2D eigenvalue weighted by Crippen LogP contribution is 2.01. The fourth-order valence-corrected chi connectivity index (χ4v) is 0.592. The number of rotatable bonds is 1. The summed E-state index contributed by atoms with van der Waals surface area (Å²) in [5.41, 5.74) is 0.0985. The molecule has 0 aliphatic rings. The fourth-order valence-electron chi connectivity index (χ4n) is 0.592. The summed E-state index contributed by atoms with van der Waals surface area (Å²) < 4.78 is 12.2. The smallest absolute Gasteiger partial charge is 0.335 e. The third-order valence-electron chi connectivity index (χ3n) is 1.09. The Morgan fingerprint density at radius 1 is 1.27 bits per heavy atom. The van der Waals surface area contributed by atoms with Crippen LogP contribution in [0.4, 0.5) is 9.09 Å². The van der Waals surface area contributed by atoms with E-state index in [0.717, 1.165) is 12.1 Å². The van der Waals surface area contributed by atoms with Gasteiger partial charge in [-0.3, -0.25) is 4.70 Å². The van der Waals surface area contributed by atoms with E-state index in [4.69, 9.17) is 5.11 Å². The van der Waals surface area contributed by atoms with Crippen molar-refractivity contribution < 1.29 is 19.0 Å². The van der Waals surface area contributed by atoms with Crippen LogP contribution < -0.4 is 0 Å². The molecule has 11 heavy (non-hydrogen) atoms. The predicted octanol–water partition coefficient (Wildman–Crippen LogP) is 1.68. The van der Waals surface area contributed by atoms with Crippen LogP contribution in [0.15, 0.2) is 24.3 Å². The lowest BCUT2D eigenvalue weighted by Gasteiger charge is -1.90. The van der Waals surface area contributed by atoms with Crippen LogP contribution >= 0.6 is 0 Å². The zero-order valence-electron chi connectivity index (χ0n) is 5.45. The van der Waals surface area contributed by atoms with Crippen LogP contribution in [-0.2, 0) is 0 Å². The molecule has 0 bridgehead atoms. The molecule has 60 valence electrons. The molecule has 0 atom stereocenters. The van der Waals surface area contributed by atoms with Crippen molar-refractivity contribution in [2.75, 3.05) is 0 Å². The van der Waals surface area contributed by atoms with Gasteiger partial charge in [-0.15, -0.1) is 0 Å². The van der Waals surface area contributed by atoms with Crippen LogP contribution in [0.5, 0.6) is 0 Å². The molecule has 0 spiro atoms. The molecular weight excluding hydrogens is 154 g/mol. The average Bonchev–Trinajstić information content (AvgIpc) is 1.88. The molecule has 0 unspecified atom stereocenters. The van der Waals surface area contributed by atoms with Crippen molar-refractivity contribution >= 4 is 5.97 Å². The van der Waals surface area contributed by atoms with Gasteiger partial charge >= 0.3 is 5.97 Å². The molecule has 0 aromatic heterocycles. The molecule has 0 heterocycles. The molecule has 0 aliphatic carbocycles. The van der Waals surface area contributed by atoms with Crippen molar-refractivity contribution in [1.29, 1.82) is 0 Å². The highest BCUT2D eigenvalue weighted by Gasteiger charge is 1.99. The molecule has 0 saturated heterocycles. The minimum Gasteiger partial charge on any atom is -0.478 e. The largest absolute Gasteiger partial charge is 0.478 e. The van der Waals surface area contributed by atoms with Gasteiger partial charge in [0.2, 0.25) is 0 Å². The van der Waals surface area contributed by atoms with Gasteiger partial charge in [0, 0.05) is 0 Å². The highest BCUT2D eigenvalue weighted by molar-refractivity contribution is 5.87. The first-order chi connectivity index (χ1) is 4.70. The van der Waals surface area contributed by atoms with Gasteiger partial charge in [-0.1, -0.05) is 0 Å². The van der Waals surface area contributed by atoms with E-state index >= 15 is 0 Å². The van der Waals surface area contributed by atoms with Crippen molar-refractivity contribution in [3.63, 3.8) is 0 Å². The number of hydrogen-bond acceptors (Lipinski definition) is 1. The van der Waals surface area contributed by atoms with Crippen LogP contribution in [0.3, 0.4) is 0 Å². The summed E-state index contributed by atoms with van der Waals surface area (Å²) in [4.78, 5) is 10.2. The van der Waals surface area contributed by atoms with Gasteiger partial charge in [0.1, 0.15) is 5.82 Å². The summed E-state index contributed by atoms with van der Waals surface area (Å²) in [5.74, 6) is -1.47. The highest BCUT2D eigenvalue weighted by atomic mass is 19.1. The van der Waals surface area contributed by atoms with Crippen molar-refractivity contribution in [2.45, 2.75) is 0 Å². The van der Waals surface area contributed by atoms with E-state index in [1.807, 2.05) is 0 Å². The van der Waals surface area contributed by atoms with Crippen LogP contribution in [0.1, 0.15) is 10.4 Å². The van der Waals surface area contributed by atoms with E-state index in [-0.39, 0.29) is 10.3 Å². The zero-order valence-corrected chi connectivity index (χ0v) is 5.45. The Bertz CT molecular complexity index is 243. The van der Waals surface area contributed by atoms with Gasteiger partial charge in [0.05, 0.1) is 5.56 Å². The van der Waals surface area contributed by atoms with E-state index in [9.17, 15) is 9.18 Å². The molecule has 2 nitrogen and oxygen atoms in total. The molecule has 1 N–H and O–H groups in total. The quantitative estimate of drug-likeness (QED) is 0.678. The van der Waals surface area contributed by atoms with E-state index in [1.165, 1.54) is 12.1 Å². The van der Waals surface area contributed by atoms with Gasteiger partial charge in [-0.05, 0) is 24.3 Å². The average molecular weight is 160 g/mol. The lowest BCUT2D eigenvalue weighted by atomic mass is 10.2. The van der Waals surface area contributed by atoms with E-state index in [1.54, 1.807) is 0 Å². The van der Waals surface area contributed by atoms with Gasteiger partial charge in [-0.2, -0.15) is 0 Å². The summed E-state index contributed by atoms with van der Waals surface area (Å²) >= 11 is 0. The molecule has 0 saturated carbocycles. The van der Waals surface area contributed by atoms with Crippen molar-refractivity contribution in [3.05, 3.63) is 35.6 Å².